The molecule has 0 spiro atoms. The van der Waals surface area contributed by atoms with E-state index in [9.17, 15) is 4.39 Å². The Morgan fingerprint density at radius 2 is 1.93 bits per heavy atom. The number of piperidine rings is 1. The first kappa shape index (κ1) is 16.7. The number of hydrogen-bond acceptors (Lipinski definition) is 4. The fraction of sp³-hybridized carbons (Fsp3) is 0.429. The lowest BCUT2D eigenvalue weighted by Crippen LogP contribution is -2.57. The van der Waals surface area contributed by atoms with Crippen LogP contribution in [0.15, 0.2) is 48.9 Å². The van der Waals surface area contributed by atoms with Crippen molar-refractivity contribution in [2.45, 2.75) is 25.4 Å². The third-order valence-corrected chi connectivity index (χ3v) is 6.03. The Labute approximate surface area is 158 Å². The Balaban J connectivity index is 1.24. The zero-order chi connectivity index (χ0) is 18.2. The molecule has 3 aromatic rings. The molecular formula is C21H24FN5. The van der Waals surface area contributed by atoms with Crippen LogP contribution in [0.5, 0.6) is 0 Å². The number of halogens is 1. The van der Waals surface area contributed by atoms with Crippen molar-refractivity contribution in [3.63, 3.8) is 0 Å². The molecule has 2 atom stereocenters. The van der Waals surface area contributed by atoms with Crippen molar-refractivity contribution >= 4 is 16.9 Å². The number of hydrogen-bond donors (Lipinski definition) is 0. The van der Waals surface area contributed by atoms with E-state index in [-0.39, 0.29) is 5.82 Å². The predicted molar refractivity (Wildman–Crippen MR) is 104 cm³/mol. The van der Waals surface area contributed by atoms with Gasteiger partial charge in [0.2, 0.25) is 5.95 Å². The van der Waals surface area contributed by atoms with Crippen LogP contribution in [0.1, 0.15) is 12.8 Å². The van der Waals surface area contributed by atoms with Gasteiger partial charge in [0.25, 0.3) is 0 Å². The number of fused-ring (bicyclic) bond motifs is 2. The van der Waals surface area contributed by atoms with E-state index in [1.807, 2.05) is 30.6 Å². The Morgan fingerprint density at radius 1 is 1.04 bits per heavy atom. The van der Waals surface area contributed by atoms with Crippen LogP contribution in [0.3, 0.4) is 0 Å². The molecule has 5 rings (SSSR count). The molecule has 0 unspecified atom stereocenters. The topological polar surface area (TPSA) is 37.2 Å². The Kier molecular flexibility index (Phi) is 4.28. The highest BCUT2D eigenvalue weighted by Crippen LogP contribution is 2.28. The molecule has 2 aromatic heterocycles. The number of nitrogens with zero attached hydrogens (tertiary/aromatic N) is 5. The van der Waals surface area contributed by atoms with Gasteiger partial charge < -0.3 is 9.47 Å². The van der Waals surface area contributed by atoms with E-state index in [4.69, 9.17) is 0 Å². The molecule has 5 nitrogen and oxygen atoms in total. The lowest BCUT2D eigenvalue weighted by molar-refractivity contribution is 0.0888. The van der Waals surface area contributed by atoms with Gasteiger partial charge in [0.15, 0.2) is 0 Å². The molecule has 6 heteroatoms. The van der Waals surface area contributed by atoms with Crippen LogP contribution < -0.4 is 4.90 Å². The molecule has 27 heavy (non-hydrogen) atoms. The Morgan fingerprint density at radius 3 is 2.81 bits per heavy atom. The lowest BCUT2D eigenvalue weighted by atomic mass is 9.91. The molecule has 4 heterocycles. The third-order valence-electron chi connectivity index (χ3n) is 6.03. The van der Waals surface area contributed by atoms with Gasteiger partial charge in [0.1, 0.15) is 5.82 Å². The van der Waals surface area contributed by atoms with Gasteiger partial charge in [-0.15, -0.1) is 0 Å². The first-order valence-electron chi connectivity index (χ1n) is 9.77. The molecule has 0 N–H and O–H groups in total. The van der Waals surface area contributed by atoms with Crippen LogP contribution in [-0.4, -0.2) is 51.7 Å². The van der Waals surface area contributed by atoms with E-state index in [1.165, 1.54) is 12.8 Å². The number of aromatic nitrogens is 3. The minimum Gasteiger partial charge on any atom is -0.347 e. The van der Waals surface area contributed by atoms with E-state index in [0.717, 1.165) is 49.6 Å². The summed E-state index contributed by atoms with van der Waals surface area (Å²) in [7, 11) is 0. The average molecular weight is 365 g/mol. The van der Waals surface area contributed by atoms with Crippen molar-refractivity contribution in [2.24, 2.45) is 5.92 Å². The molecule has 2 fully saturated rings. The highest BCUT2D eigenvalue weighted by molar-refractivity contribution is 5.80. The van der Waals surface area contributed by atoms with Crippen molar-refractivity contribution in [1.82, 2.24) is 19.4 Å². The first-order valence-corrected chi connectivity index (χ1v) is 9.77. The maximum atomic E-state index is 13.4. The monoisotopic (exact) mass is 365 g/mol. The summed E-state index contributed by atoms with van der Waals surface area (Å²) in [5.74, 6) is 1.33. The normalized spacial score (nSPS) is 23.5. The molecule has 0 amide bonds. The maximum Gasteiger partial charge on any atom is 0.225 e. The van der Waals surface area contributed by atoms with Crippen molar-refractivity contribution in [1.29, 1.82) is 0 Å². The minimum absolute atomic E-state index is 0.166. The van der Waals surface area contributed by atoms with Crippen LogP contribution in [0.25, 0.3) is 10.9 Å². The van der Waals surface area contributed by atoms with Gasteiger partial charge in [-0.1, -0.05) is 0 Å². The number of piperazine rings is 1. The number of benzene rings is 1. The van der Waals surface area contributed by atoms with Crippen molar-refractivity contribution in [3.05, 3.63) is 54.7 Å². The van der Waals surface area contributed by atoms with Crippen molar-refractivity contribution in [2.75, 3.05) is 31.1 Å². The van der Waals surface area contributed by atoms with Crippen LogP contribution in [-0.2, 0) is 6.54 Å². The fourth-order valence-electron chi connectivity index (χ4n) is 4.65. The van der Waals surface area contributed by atoms with E-state index in [1.54, 1.807) is 12.1 Å². The fourth-order valence-corrected chi connectivity index (χ4v) is 4.65. The summed E-state index contributed by atoms with van der Waals surface area (Å²) >= 11 is 0. The Hall–Kier alpha value is -2.47. The first-order chi connectivity index (χ1) is 13.3. The van der Waals surface area contributed by atoms with Crippen LogP contribution >= 0.6 is 0 Å². The van der Waals surface area contributed by atoms with Gasteiger partial charge in [-0.2, -0.15) is 0 Å². The van der Waals surface area contributed by atoms with Crippen LogP contribution in [0.2, 0.25) is 0 Å². The van der Waals surface area contributed by atoms with E-state index < -0.39 is 0 Å². The summed E-state index contributed by atoms with van der Waals surface area (Å²) < 4.78 is 15.7. The summed E-state index contributed by atoms with van der Waals surface area (Å²) in [5, 5.41) is 0.986. The van der Waals surface area contributed by atoms with E-state index >= 15 is 0 Å². The van der Waals surface area contributed by atoms with Gasteiger partial charge in [-0.3, -0.25) is 4.90 Å². The maximum absolute atomic E-state index is 13.4. The molecule has 0 bridgehead atoms. The average Bonchev–Trinajstić information content (AvgIpc) is 3.10. The standard InChI is InChI=1S/C21H24FN5/c22-18-3-5-20-17(12-18)6-9-26(20)14-16-2-4-19-15-27(11-10-25(19)13-16)21-23-7-1-8-24-21/h1,3,5-9,12,16,19H,2,4,10-11,13-15H2/t16-,19+/m1/s1. The molecule has 1 aromatic carbocycles. The molecule has 2 aliphatic heterocycles. The lowest BCUT2D eigenvalue weighted by Gasteiger charge is -2.46. The van der Waals surface area contributed by atoms with Gasteiger partial charge in [-0.05, 0) is 49.1 Å². The SMILES string of the molecule is Fc1ccc2c(ccn2C[C@@H]2CC[C@H]3CN(c4ncccn4)CCN3C2)c1. The van der Waals surface area contributed by atoms with Crippen molar-refractivity contribution < 1.29 is 4.39 Å². The molecular weight excluding hydrogens is 341 g/mol. The zero-order valence-corrected chi connectivity index (χ0v) is 15.3. The quantitative estimate of drug-likeness (QED) is 0.714. The van der Waals surface area contributed by atoms with Gasteiger partial charge in [0.05, 0.1) is 0 Å². The summed E-state index contributed by atoms with van der Waals surface area (Å²) in [6.45, 7) is 5.21. The highest BCUT2D eigenvalue weighted by Gasteiger charge is 2.33. The zero-order valence-electron chi connectivity index (χ0n) is 15.3. The second kappa shape index (κ2) is 6.93. The summed E-state index contributed by atoms with van der Waals surface area (Å²) in [5.41, 5.74) is 1.13. The predicted octanol–water partition coefficient (Wildman–Crippen LogP) is 3.17. The molecule has 140 valence electrons. The molecule has 0 saturated carbocycles. The van der Waals surface area contributed by atoms with Gasteiger partial charge >= 0.3 is 0 Å². The molecule has 2 saturated heterocycles. The molecule has 0 aliphatic carbocycles. The Bertz CT molecular complexity index is 925. The van der Waals surface area contributed by atoms with E-state index in [0.29, 0.717) is 12.0 Å². The minimum atomic E-state index is -0.166. The highest BCUT2D eigenvalue weighted by atomic mass is 19.1. The van der Waals surface area contributed by atoms with E-state index in [2.05, 4.69) is 30.5 Å². The van der Waals surface area contributed by atoms with Crippen molar-refractivity contribution in [3.8, 4) is 0 Å². The van der Waals surface area contributed by atoms with Gasteiger partial charge in [0, 0.05) is 68.3 Å². The molecule has 0 radical (unpaired) electrons. The van der Waals surface area contributed by atoms with Gasteiger partial charge in [-0.25, -0.2) is 14.4 Å². The largest absolute Gasteiger partial charge is 0.347 e. The third kappa shape index (κ3) is 3.30. The van der Waals surface area contributed by atoms with Crippen LogP contribution in [0, 0.1) is 11.7 Å². The summed E-state index contributed by atoms with van der Waals surface area (Å²) in [4.78, 5) is 13.8. The number of rotatable bonds is 3. The molecule has 2 aliphatic rings. The second-order valence-corrected chi connectivity index (χ2v) is 7.76. The second-order valence-electron chi connectivity index (χ2n) is 7.76. The summed E-state index contributed by atoms with van der Waals surface area (Å²) in [6, 6.07) is 9.55. The summed E-state index contributed by atoms with van der Waals surface area (Å²) in [6.07, 6.45) is 8.17. The van der Waals surface area contributed by atoms with Crippen LogP contribution in [0.4, 0.5) is 10.3 Å². The number of anilines is 1. The smallest absolute Gasteiger partial charge is 0.225 e.